The Hall–Kier alpha value is -2.89. The standard InChI is InChI=1S/C26H31FN2O3/c1-32-24-12-6-3-8-19(24)14-15-26(31)28-17-16-23-22(28)11-5-7-13-25(30)29(23)18-20-9-2-4-10-21(20)27/h2-4,6,8-10,12,22-23H,5,7,11,13-18H2,1H3/t22-,23+/m1/s1. The van der Waals surface area contributed by atoms with E-state index >= 15 is 0 Å². The lowest BCUT2D eigenvalue weighted by atomic mass is 9.96. The summed E-state index contributed by atoms with van der Waals surface area (Å²) >= 11 is 0. The summed E-state index contributed by atoms with van der Waals surface area (Å²) in [5.41, 5.74) is 1.55. The van der Waals surface area contributed by atoms with Crippen LogP contribution in [-0.2, 0) is 22.6 Å². The molecule has 4 rings (SSSR count). The summed E-state index contributed by atoms with van der Waals surface area (Å²) in [5, 5.41) is 0. The molecule has 2 heterocycles. The molecule has 32 heavy (non-hydrogen) atoms. The molecule has 0 aliphatic carbocycles. The quantitative estimate of drug-likeness (QED) is 0.674. The molecule has 2 aliphatic rings. The summed E-state index contributed by atoms with van der Waals surface area (Å²) in [7, 11) is 1.64. The first-order valence-electron chi connectivity index (χ1n) is 11.5. The number of ether oxygens (including phenoxy) is 1. The minimum absolute atomic E-state index is 0.00353. The number of halogens is 1. The number of carbonyl (C=O) groups excluding carboxylic acids is 2. The SMILES string of the molecule is COc1ccccc1CCC(=O)N1CC[C@H]2[C@H]1CCCCC(=O)N2Cc1ccccc1F. The Balaban J connectivity index is 1.48. The number of hydrogen-bond acceptors (Lipinski definition) is 3. The highest BCUT2D eigenvalue weighted by molar-refractivity contribution is 5.79. The first-order valence-corrected chi connectivity index (χ1v) is 11.5. The molecule has 0 radical (unpaired) electrons. The number of para-hydroxylation sites is 1. The second kappa shape index (κ2) is 10.2. The van der Waals surface area contributed by atoms with Gasteiger partial charge in [0.1, 0.15) is 11.6 Å². The highest BCUT2D eigenvalue weighted by Gasteiger charge is 2.42. The lowest BCUT2D eigenvalue weighted by molar-refractivity contribution is -0.139. The third-order valence-corrected chi connectivity index (χ3v) is 6.79. The molecule has 170 valence electrons. The van der Waals surface area contributed by atoms with Crippen molar-refractivity contribution in [2.45, 2.75) is 63.6 Å². The Labute approximate surface area is 189 Å². The molecular formula is C26H31FN2O3. The van der Waals surface area contributed by atoms with Gasteiger partial charge in [0, 0.05) is 31.5 Å². The smallest absolute Gasteiger partial charge is 0.223 e. The normalized spacial score (nSPS) is 21.1. The maximum Gasteiger partial charge on any atom is 0.223 e. The van der Waals surface area contributed by atoms with Crippen LogP contribution in [0.25, 0.3) is 0 Å². The van der Waals surface area contributed by atoms with Crippen LogP contribution in [-0.4, -0.2) is 47.4 Å². The van der Waals surface area contributed by atoms with Crippen LogP contribution < -0.4 is 4.74 Å². The van der Waals surface area contributed by atoms with E-state index in [1.54, 1.807) is 25.3 Å². The van der Waals surface area contributed by atoms with Crippen molar-refractivity contribution in [1.82, 2.24) is 9.80 Å². The maximum atomic E-state index is 14.3. The second-order valence-electron chi connectivity index (χ2n) is 8.68. The summed E-state index contributed by atoms with van der Waals surface area (Å²) in [6.07, 6.45) is 4.87. The number of fused-ring (bicyclic) bond motifs is 1. The fourth-order valence-electron chi connectivity index (χ4n) is 5.13. The largest absolute Gasteiger partial charge is 0.496 e. The Morgan fingerprint density at radius 2 is 1.78 bits per heavy atom. The topological polar surface area (TPSA) is 49.9 Å². The van der Waals surface area contributed by atoms with Gasteiger partial charge >= 0.3 is 0 Å². The molecule has 2 aromatic rings. The second-order valence-corrected chi connectivity index (χ2v) is 8.68. The Morgan fingerprint density at radius 3 is 2.56 bits per heavy atom. The van der Waals surface area contributed by atoms with Gasteiger partial charge in [0.2, 0.25) is 11.8 Å². The Kier molecular flexibility index (Phi) is 7.08. The van der Waals surface area contributed by atoms with Crippen molar-refractivity contribution in [3.8, 4) is 5.75 Å². The molecule has 0 bridgehead atoms. The summed E-state index contributed by atoms with van der Waals surface area (Å²) < 4.78 is 19.7. The fourth-order valence-corrected chi connectivity index (χ4v) is 5.13. The zero-order valence-electron chi connectivity index (χ0n) is 18.6. The van der Waals surface area contributed by atoms with Crippen LogP contribution in [0.2, 0.25) is 0 Å². The van der Waals surface area contributed by atoms with Gasteiger partial charge in [0.05, 0.1) is 19.2 Å². The molecule has 5 nitrogen and oxygen atoms in total. The Morgan fingerprint density at radius 1 is 1.03 bits per heavy atom. The van der Waals surface area contributed by atoms with Gasteiger partial charge in [-0.2, -0.15) is 0 Å². The van der Waals surface area contributed by atoms with E-state index in [-0.39, 0.29) is 36.3 Å². The van der Waals surface area contributed by atoms with Crippen molar-refractivity contribution >= 4 is 11.8 Å². The molecule has 2 amide bonds. The van der Waals surface area contributed by atoms with Gasteiger partial charge in [0.25, 0.3) is 0 Å². The highest BCUT2D eigenvalue weighted by Crippen LogP contribution is 2.32. The number of carbonyl (C=O) groups is 2. The zero-order valence-corrected chi connectivity index (χ0v) is 18.6. The first kappa shape index (κ1) is 22.3. The molecule has 0 N–H and O–H groups in total. The predicted octanol–water partition coefficient (Wildman–Crippen LogP) is 4.34. The number of aryl methyl sites for hydroxylation is 1. The molecular weight excluding hydrogens is 407 g/mol. The molecule has 2 aliphatic heterocycles. The molecule has 6 heteroatoms. The van der Waals surface area contributed by atoms with Gasteiger partial charge in [-0.05, 0) is 43.4 Å². The monoisotopic (exact) mass is 438 g/mol. The summed E-state index contributed by atoms with van der Waals surface area (Å²) in [6, 6.07) is 14.3. The van der Waals surface area contributed by atoms with Crippen LogP contribution in [0.5, 0.6) is 5.75 Å². The van der Waals surface area contributed by atoms with E-state index in [4.69, 9.17) is 4.74 Å². The van der Waals surface area contributed by atoms with Crippen LogP contribution in [0.3, 0.4) is 0 Å². The summed E-state index contributed by atoms with van der Waals surface area (Å²) in [4.78, 5) is 30.0. The number of amides is 2. The van der Waals surface area contributed by atoms with Gasteiger partial charge in [-0.25, -0.2) is 4.39 Å². The van der Waals surface area contributed by atoms with Gasteiger partial charge in [-0.1, -0.05) is 42.8 Å². The van der Waals surface area contributed by atoms with Crippen molar-refractivity contribution < 1.29 is 18.7 Å². The molecule has 0 aromatic heterocycles. The number of likely N-dealkylation sites (tertiary alicyclic amines) is 2. The van der Waals surface area contributed by atoms with E-state index in [0.29, 0.717) is 31.4 Å². The number of rotatable bonds is 6. The molecule has 0 saturated carbocycles. The van der Waals surface area contributed by atoms with Crippen LogP contribution in [0, 0.1) is 5.82 Å². The third-order valence-electron chi connectivity index (χ3n) is 6.79. The van der Waals surface area contributed by atoms with Crippen LogP contribution in [0.4, 0.5) is 4.39 Å². The van der Waals surface area contributed by atoms with Gasteiger partial charge in [-0.3, -0.25) is 9.59 Å². The van der Waals surface area contributed by atoms with Crippen molar-refractivity contribution in [2.75, 3.05) is 13.7 Å². The predicted molar refractivity (Wildman–Crippen MR) is 121 cm³/mol. The lowest BCUT2D eigenvalue weighted by Gasteiger charge is -2.37. The van der Waals surface area contributed by atoms with Crippen molar-refractivity contribution in [1.29, 1.82) is 0 Å². The van der Waals surface area contributed by atoms with Crippen molar-refractivity contribution in [3.63, 3.8) is 0 Å². The van der Waals surface area contributed by atoms with Gasteiger partial charge < -0.3 is 14.5 Å². The molecule has 2 saturated heterocycles. The van der Waals surface area contributed by atoms with Crippen molar-refractivity contribution in [3.05, 3.63) is 65.5 Å². The lowest BCUT2D eigenvalue weighted by Crippen LogP contribution is -2.49. The van der Waals surface area contributed by atoms with Crippen LogP contribution in [0.15, 0.2) is 48.5 Å². The molecule has 2 atom stereocenters. The molecule has 2 aromatic carbocycles. The highest BCUT2D eigenvalue weighted by atomic mass is 19.1. The van der Waals surface area contributed by atoms with Gasteiger partial charge in [-0.15, -0.1) is 0 Å². The maximum absolute atomic E-state index is 14.3. The third kappa shape index (κ3) is 4.79. The van der Waals surface area contributed by atoms with E-state index in [1.165, 1.54) is 6.07 Å². The fraction of sp³-hybridized carbons (Fsp3) is 0.462. The molecule has 2 fully saturated rings. The number of hydrogen-bond donors (Lipinski definition) is 0. The van der Waals surface area contributed by atoms with E-state index in [2.05, 4.69) is 0 Å². The zero-order chi connectivity index (χ0) is 22.5. The minimum Gasteiger partial charge on any atom is -0.496 e. The number of methoxy groups -OCH3 is 1. The summed E-state index contributed by atoms with van der Waals surface area (Å²) in [5.74, 6) is 0.683. The van der Waals surface area contributed by atoms with Crippen molar-refractivity contribution in [2.24, 2.45) is 0 Å². The van der Waals surface area contributed by atoms with E-state index in [1.807, 2.05) is 34.1 Å². The van der Waals surface area contributed by atoms with Crippen LogP contribution >= 0.6 is 0 Å². The van der Waals surface area contributed by atoms with E-state index in [0.717, 1.165) is 37.0 Å². The Bertz CT molecular complexity index is 964. The minimum atomic E-state index is -0.290. The van der Waals surface area contributed by atoms with Gasteiger partial charge in [0.15, 0.2) is 0 Å². The number of nitrogens with zero attached hydrogens (tertiary/aromatic N) is 2. The number of benzene rings is 2. The van der Waals surface area contributed by atoms with E-state index < -0.39 is 0 Å². The average molecular weight is 439 g/mol. The van der Waals surface area contributed by atoms with Crippen LogP contribution in [0.1, 0.15) is 49.7 Å². The summed E-state index contributed by atoms with van der Waals surface area (Å²) in [6.45, 7) is 0.900. The molecule has 0 unspecified atom stereocenters. The average Bonchev–Trinajstić information content (AvgIpc) is 3.21. The molecule has 0 spiro atoms. The first-order chi connectivity index (χ1) is 15.6. The van der Waals surface area contributed by atoms with E-state index in [9.17, 15) is 14.0 Å².